The molecule has 0 spiro atoms. The van der Waals surface area contributed by atoms with E-state index in [9.17, 15) is 22.4 Å². The molecule has 0 amide bonds. The van der Waals surface area contributed by atoms with Gasteiger partial charge in [-0.25, -0.2) is 21.6 Å². The minimum Gasteiger partial charge on any atom is -0.502 e. The van der Waals surface area contributed by atoms with E-state index in [2.05, 4.69) is 0 Å². The number of hydrogen-bond acceptors (Lipinski definition) is 5. The Morgan fingerprint density at radius 1 is 1.09 bits per heavy atom. The zero-order chi connectivity index (χ0) is 17.2. The van der Waals surface area contributed by atoms with Crippen molar-refractivity contribution < 1.29 is 32.6 Å². The molecular formula is C14H10FNO6S. The third-order valence-electron chi connectivity index (χ3n) is 2.83. The second-order valence-electron chi connectivity index (χ2n) is 4.39. The second-order valence-corrected chi connectivity index (χ2v) is 6.23. The second kappa shape index (κ2) is 6.05. The van der Waals surface area contributed by atoms with Crippen LogP contribution < -0.4 is 0 Å². The van der Waals surface area contributed by atoms with Gasteiger partial charge in [0.1, 0.15) is 5.82 Å². The third kappa shape index (κ3) is 3.46. The average molecular weight is 339 g/mol. The van der Waals surface area contributed by atoms with Gasteiger partial charge in [-0.1, -0.05) is 0 Å². The monoisotopic (exact) mass is 339 g/mol. The summed E-state index contributed by atoms with van der Waals surface area (Å²) in [7, 11) is -4.01. The molecule has 0 unspecified atom stereocenters. The number of halogens is 1. The molecule has 2 aromatic rings. The number of carboxylic acids is 1. The number of carbonyl (C=O) groups excluding carboxylic acids is 1. The molecule has 0 radical (unpaired) electrons. The molecule has 0 atom stereocenters. The predicted octanol–water partition coefficient (Wildman–Crippen LogP) is 1.57. The van der Waals surface area contributed by atoms with Crippen LogP contribution in [0.5, 0.6) is 0 Å². The van der Waals surface area contributed by atoms with E-state index < -0.39 is 33.4 Å². The molecule has 120 valence electrons. The summed E-state index contributed by atoms with van der Waals surface area (Å²) in [6.45, 7) is 0. The van der Waals surface area contributed by atoms with Crippen molar-refractivity contribution in [3.8, 4) is 0 Å². The summed E-state index contributed by atoms with van der Waals surface area (Å²) in [4.78, 5) is 22.0. The Kier molecular flexibility index (Phi) is 4.32. The van der Waals surface area contributed by atoms with E-state index in [0.717, 1.165) is 46.7 Å². The van der Waals surface area contributed by atoms with E-state index in [4.69, 9.17) is 10.2 Å². The number of carboxylic acid groups (broad SMARTS) is 1. The lowest BCUT2D eigenvalue weighted by Gasteiger charge is -2.05. The highest BCUT2D eigenvalue weighted by molar-refractivity contribution is 7.90. The molecule has 9 heteroatoms. The van der Waals surface area contributed by atoms with Gasteiger partial charge in [-0.2, -0.15) is 0 Å². The number of aliphatic hydroxyl groups excluding tert-OH is 1. The van der Waals surface area contributed by atoms with Crippen molar-refractivity contribution in [2.45, 2.75) is 4.90 Å². The van der Waals surface area contributed by atoms with Gasteiger partial charge in [-0.05, 0) is 30.3 Å². The molecule has 1 aromatic heterocycles. The van der Waals surface area contributed by atoms with Crippen molar-refractivity contribution in [3.63, 3.8) is 0 Å². The number of rotatable bonds is 5. The first kappa shape index (κ1) is 16.4. The van der Waals surface area contributed by atoms with Crippen LogP contribution in [0, 0.1) is 5.82 Å². The summed E-state index contributed by atoms with van der Waals surface area (Å²) in [6.07, 6.45) is 2.51. The van der Waals surface area contributed by atoms with Gasteiger partial charge in [-0.15, -0.1) is 0 Å². The number of benzene rings is 1. The first-order valence-electron chi connectivity index (χ1n) is 6.09. The van der Waals surface area contributed by atoms with Crippen molar-refractivity contribution in [3.05, 3.63) is 65.9 Å². The highest BCUT2D eigenvalue weighted by Gasteiger charge is 2.18. The van der Waals surface area contributed by atoms with Crippen LogP contribution in [0.2, 0.25) is 0 Å². The fraction of sp³-hybridized carbons (Fsp3) is 0. The minimum atomic E-state index is -4.01. The Morgan fingerprint density at radius 3 is 2.26 bits per heavy atom. The molecular weight excluding hydrogens is 329 g/mol. The Balaban J connectivity index is 2.35. The molecule has 0 aliphatic heterocycles. The molecule has 0 fully saturated rings. The topological polar surface area (TPSA) is 114 Å². The SMILES string of the molecule is O=C(O)/C(O)=C/C(=O)c1ccn(S(=O)(=O)c2ccc(F)cc2)c1. The molecule has 7 nitrogen and oxygen atoms in total. The van der Waals surface area contributed by atoms with Gasteiger partial charge in [0.05, 0.1) is 4.90 Å². The van der Waals surface area contributed by atoms with Crippen molar-refractivity contribution in [2.75, 3.05) is 0 Å². The average Bonchev–Trinajstić information content (AvgIpc) is 2.98. The third-order valence-corrected chi connectivity index (χ3v) is 4.48. The summed E-state index contributed by atoms with van der Waals surface area (Å²) in [5.74, 6) is -4.32. The number of ketones is 1. The van der Waals surface area contributed by atoms with E-state index in [1.54, 1.807) is 0 Å². The molecule has 0 aliphatic rings. The number of allylic oxidation sites excluding steroid dienone is 1. The number of aliphatic hydroxyl groups is 1. The zero-order valence-electron chi connectivity index (χ0n) is 11.4. The van der Waals surface area contributed by atoms with Crippen molar-refractivity contribution in [1.82, 2.24) is 3.97 Å². The van der Waals surface area contributed by atoms with Crippen LogP contribution >= 0.6 is 0 Å². The lowest BCUT2D eigenvalue weighted by Crippen LogP contribution is -2.11. The predicted molar refractivity (Wildman–Crippen MR) is 76.1 cm³/mol. The number of aliphatic carboxylic acids is 1. The van der Waals surface area contributed by atoms with Crippen molar-refractivity contribution >= 4 is 21.8 Å². The normalized spacial score (nSPS) is 12.1. The summed E-state index contributed by atoms with van der Waals surface area (Å²) < 4.78 is 38.1. The maximum absolute atomic E-state index is 12.8. The molecule has 0 saturated heterocycles. The molecule has 0 aliphatic carbocycles. The zero-order valence-corrected chi connectivity index (χ0v) is 12.2. The molecule has 1 aromatic carbocycles. The van der Waals surface area contributed by atoms with Crippen molar-refractivity contribution in [2.24, 2.45) is 0 Å². The Bertz CT molecular complexity index is 896. The van der Waals surface area contributed by atoms with Gasteiger partial charge in [-0.3, -0.25) is 4.79 Å². The molecule has 2 rings (SSSR count). The smallest absolute Gasteiger partial charge is 0.371 e. The Morgan fingerprint density at radius 2 is 1.70 bits per heavy atom. The lowest BCUT2D eigenvalue weighted by molar-refractivity contribution is -0.135. The van der Waals surface area contributed by atoms with E-state index >= 15 is 0 Å². The first-order valence-corrected chi connectivity index (χ1v) is 7.53. The van der Waals surface area contributed by atoms with Gasteiger partial charge in [0.25, 0.3) is 10.0 Å². The largest absolute Gasteiger partial charge is 0.502 e. The van der Waals surface area contributed by atoms with Gasteiger partial charge < -0.3 is 10.2 Å². The van der Waals surface area contributed by atoms with Crippen LogP contribution in [0.1, 0.15) is 10.4 Å². The molecule has 0 bridgehead atoms. The number of hydrogen-bond donors (Lipinski definition) is 2. The summed E-state index contributed by atoms with van der Waals surface area (Å²) in [5.41, 5.74) is -0.136. The summed E-state index contributed by atoms with van der Waals surface area (Å²) in [5, 5.41) is 17.5. The Hall–Kier alpha value is -2.94. The number of aromatic nitrogens is 1. The summed E-state index contributed by atoms with van der Waals surface area (Å²) >= 11 is 0. The van der Waals surface area contributed by atoms with Crippen LogP contribution in [0.25, 0.3) is 0 Å². The first-order chi connectivity index (χ1) is 10.7. The van der Waals surface area contributed by atoms with Crippen LogP contribution in [0.3, 0.4) is 0 Å². The number of carbonyl (C=O) groups is 2. The number of nitrogens with zero attached hydrogens (tertiary/aromatic N) is 1. The highest BCUT2D eigenvalue weighted by Crippen LogP contribution is 2.16. The van der Waals surface area contributed by atoms with Crippen LogP contribution in [0.15, 0.2) is 59.5 Å². The van der Waals surface area contributed by atoms with Gasteiger partial charge in [0.15, 0.2) is 5.78 Å². The van der Waals surface area contributed by atoms with Gasteiger partial charge in [0.2, 0.25) is 5.76 Å². The van der Waals surface area contributed by atoms with Crippen LogP contribution in [-0.4, -0.2) is 34.4 Å². The van der Waals surface area contributed by atoms with Gasteiger partial charge >= 0.3 is 5.97 Å². The fourth-order valence-corrected chi connectivity index (χ4v) is 2.87. The maximum atomic E-state index is 12.8. The quantitative estimate of drug-likeness (QED) is 0.486. The standard InChI is InChI=1S/C14H10FNO6S/c15-10-1-3-11(4-2-10)23(21,22)16-6-5-9(8-16)12(17)7-13(18)14(19)20/h1-8,18H,(H,19,20)/b13-7-. The van der Waals surface area contributed by atoms with E-state index in [1.165, 1.54) is 0 Å². The minimum absolute atomic E-state index is 0.136. The Labute approximate surface area is 130 Å². The molecule has 1 heterocycles. The highest BCUT2D eigenvalue weighted by atomic mass is 32.2. The summed E-state index contributed by atoms with van der Waals surface area (Å²) in [6, 6.07) is 5.26. The van der Waals surface area contributed by atoms with E-state index in [1.807, 2.05) is 0 Å². The maximum Gasteiger partial charge on any atom is 0.371 e. The fourth-order valence-electron chi connectivity index (χ4n) is 1.67. The lowest BCUT2D eigenvalue weighted by atomic mass is 10.2. The molecule has 2 N–H and O–H groups in total. The van der Waals surface area contributed by atoms with Crippen LogP contribution in [-0.2, 0) is 14.8 Å². The van der Waals surface area contributed by atoms with E-state index in [-0.39, 0.29) is 10.5 Å². The molecule has 0 saturated carbocycles. The van der Waals surface area contributed by atoms with Crippen molar-refractivity contribution in [1.29, 1.82) is 0 Å². The van der Waals surface area contributed by atoms with Crippen LogP contribution in [0.4, 0.5) is 4.39 Å². The van der Waals surface area contributed by atoms with E-state index in [0.29, 0.717) is 6.08 Å². The van der Waals surface area contributed by atoms with Gasteiger partial charge in [0, 0.05) is 24.0 Å². The molecule has 23 heavy (non-hydrogen) atoms.